The first-order chi connectivity index (χ1) is 14.0. The van der Waals surface area contributed by atoms with Crippen molar-refractivity contribution >= 4 is 45.7 Å². The number of aryl methyl sites for hydroxylation is 2. The number of amides is 1. The third-order valence-corrected chi connectivity index (χ3v) is 5.98. The molecule has 0 radical (unpaired) electrons. The van der Waals surface area contributed by atoms with Gasteiger partial charge in [0.1, 0.15) is 10.6 Å². The van der Waals surface area contributed by atoms with Crippen molar-refractivity contribution in [3.05, 3.63) is 69.0 Å². The number of anilines is 1. The van der Waals surface area contributed by atoms with Crippen LogP contribution < -0.4 is 10.9 Å². The lowest BCUT2D eigenvalue weighted by Gasteiger charge is -2.12. The Balaban J connectivity index is 1.70. The molecule has 6 nitrogen and oxygen atoms in total. The van der Waals surface area contributed by atoms with E-state index in [0.717, 1.165) is 15.8 Å². The van der Waals surface area contributed by atoms with Crippen LogP contribution in [0.1, 0.15) is 21.6 Å². The molecule has 4 rings (SSSR count). The van der Waals surface area contributed by atoms with Gasteiger partial charge in [-0.1, -0.05) is 6.07 Å². The Bertz CT molecular complexity index is 1280. The molecule has 3 heterocycles. The molecule has 3 aromatic heterocycles. The molecule has 0 saturated heterocycles. The number of hydrogen-bond donors (Lipinski definition) is 1. The molecule has 0 spiro atoms. The minimum absolute atomic E-state index is 0.307. The third-order valence-electron chi connectivity index (χ3n) is 4.43. The lowest BCUT2D eigenvalue weighted by molar-refractivity contribution is 0.102. The van der Waals surface area contributed by atoms with E-state index >= 15 is 0 Å². The van der Waals surface area contributed by atoms with Crippen LogP contribution in [0.4, 0.5) is 5.69 Å². The summed E-state index contributed by atoms with van der Waals surface area (Å²) >= 11 is 2.95. The molecule has 146 valence electrons. The number of carbonyl (C=O) groups is 1. The maximum Gasteiger partial charge on any atom is 0.336 e. The average Bonchev–Trinajstić information content (AvgIpc) is 3.21. The second-order valence-corrected chi connectivity index (χ2v) is 8.15. The van der Waals surface area contributed by atoms with Gasteiger partial charge < -0.3 is 9.73 Å². The molecule has 8 heteroatoms. The molecule has 0 fully saturated rings. The fourth-order valence-corrected chi connectivity index (χ4v) is 4.35. The monoisotopic (exact) mass is 423 g/mol. The van der Waals surface area contributed by atoms with Gasteiger partial charge in [0, 0.05) is 23.2 Å². The number of thiophene rings is 1. The van der Waals surface area contributed by atoms with Gasteiger partial charge in [-0.2, -0.15) is 0 Å². The predicted octanol–water partition coefficient (Wildman–Crippen LogP) is 4.90. The maximum atomic E-state index is 13.0. The Morgan fingerprint density at radius 2 is 2.00 bits per heavy atom. The van der Waals surface area contributed by atoms with Crippen molar-refractivity contribution in [3.63, 3.8) is 0 Å². The summed E-state index contributed by atoms with van der Waals surface area (Å²) < 4.78 is 5.26. The predicted molar refractivity (Wildman–Crippen MR) is 117 cm³/mol. The summed E-state index contributed by atoms with van der Waals surface area (Å²) in [7, 11) is 0. The lowest BCUT2D eigenvalue weighted by atomic mass is 10.1. The third kappa shape index (κ3) is 3.81. The zero-order chi connectivity index (χ0) is 20.5. The first kappa shape index (κ1) is 19.4. The molecule has 0 aliphatic heterocycles. The van der Waals surface area contributed by atoms with Gasteiger partial charge in [-0.05, 0) is 49.2 Å². The van der Waals surface area contributed by atoms with Crippen LogP contribution in [0, 0.1) is 13.8 Å². The van der Waals surface area contributed by atoms with Crippen molar-refractivity contribution in [2.24, 2.45) is 0 Å². The highest BCUT2D eigenvalue weighted by molar-refractivity contribution is 7.98. The van der Waals surface area contributed by atoms with Gasteiger partial charge in [0.15, 0.2) is 5.82 Å². The molecule has 0 bridgehead atoms. The molecule has 0 saturated carbocycles. The van der Waals surface area contributed by atoms with Crippen molar-refractivity contribution in [3.8, 4) is 10.7 Å². The van der Waals surface area contributed by atoms with E-state index in [0.29, 0.717) is 33.4 Å². The number of nitrogens with zero attached hydrogens (tertiary/aromatic N) is 2. The van der Waals surface area contributed by atoms with Crippen LogP contribution in [-0.2, 0) is 0 Å². The number of aromatic nitrogens is 2. The van der Waals surface area contributed by atoms with Crippen molar-refractivity contribution < 1.29 is 9.21 Å². The normalized spacial score (nSPS) is 11.0. The van der Waals surface area contributed by atoms with E-state index in [1.54, 1.807) is 30.4 Å². The zero-order valence-electron chi connectivity index (χ0n) is 16.0. The van der Waals surface area contributed by atoms with Gasteiger partial charge >= 0.3 is 5.63 Å². The van der Waals surface area contributed by atoms with Gasteiger partial charge in [0.2, 0.25) is 0 Å². The molecule has 29 heavy (non-hydrogen) atoms. The van der Waals surface area contributed by atoms with Gasteiger partial charge in [-0.3, -0.25) is 4.79 Å². The maximum absolute atomic E-state index is 13.0. The van der Waals surface area contributed by atoms with Crippen LogP contribution in [0.25, 0.3) is 21.7 Å². The smallest absolute Gasteiger partial charge is 0.336 e. The molecule has 0 aliphatic carbocycles. The highest BCUT2D eigenvalue weighted by atomic mass is 32.2. The molecule has 4 aromatic rings. The van der Waals surface area contributed by atoms with Crippen molar-refractivity contribution in [1.82, 2.24) is 9.97 Å². The Labute approximate surface area is 175 Å². The number of benzene rings is 1. The summed E-state index contributed by atoms with van der Waals surface area (Å²) in [4.78, 5) is 34.7. The standard InChI is InChI=1S/C21H17N3O3S2/c1-11-9-17(25)27-15-10-13(6-7-14(11)15)23-20(26)18-12(2)22-19(24-21(18)28-3)16-5-4-8-29-16/h4-10H,1-3H3,(H,23,26). The molecule has 1 aromatic carbocycles. The molecular weight excluding hydrogens is 406 g/mol. The van der Waals surface area contributed by atoms with Crippen LogP contribution in [0.2, 0.25) is 0 Å². The van der Waals surface area contributed by atoms with Crippen LogP contribution >= 0.6 is 23.1 Å². The molecule has 0 atom stereocenters. The second kappa shape index (κ2) is 7.81. The van der Waals surface area contributed by atoms with E-state index in [-0.39, 0.29) is 5.91 Å². The van der Waals surface area contributed by atoms with Crippen molar-refractivity contribution in [2.75, 3.05) is 11.6 Å². The fourth-order valence-electron chi connectivity index (χ4n) is 3.07. The van der Waals surface area contributed by atoms with E-state index < -0.39 is 5.63 Å². The van der Waals surface area contributed by atoms with E-state index in [1.165, 1.54) is 17.8 Å². The molecule has 1 N–H and O–H groups in total. The zero-order valence-corrected chi connectivity index (χ0v) is 17.6. The minimum Gasteiger partial charge on any atom is -0.423 e. The topological polar surface area (TPSA) is 85.1 Å². The highest BCUT2D eigenvalue weighted by Gasteiger charge is 2.20. The Hall–Kier alpha value is -2.97. The summed E-state index contributed by atoms with van der Waals surface area (Å²) in [5.74, 6) is 0.306. The summed E-state index contributed by atoms with van der Waals surface area (Å²) in [5, 5.41) is 6.27. The van der Waals surface area contributed by atoms with Crippen molar-refractivity contribution in [2.45, 2.75) is 18.9 Å². The Morgan fingerprint density at radius 3 is 2.72 bits per heavy atom. The summed E-state index contributed by atoms with van der Waals surface area (Å²) in [6, 6.07) is 10.6. The van der Waals surface area contributed by atoms with E-state index in [2.05, 4.69) is 15.3 Å². The van der Waals surface area contributed by atoms with Gasteiger partial charge in [0.25, 0.3) is 5.91 Å². The first-order valence-electron chi connectivity index (χ1n) is 8.78. The van der Waals surface area contributed by atoms with Crippen LogP contribution in [0.15, 0.2) is 56.0 Å². The van der Waals surface area contributed by atoms with Gasteiger partial charge in [0.05, 0.1) is 16.1 Å². The van der Waals surface area contributed by atoms with Gasteiger partial charge in [-0.15, -0.1) is 23.1 Å². The molecule has 0 aliphatic rings. The molecule has 1 amide bonds. The summed E-state index contributed by atoms with van der Waals surface area (Å²) in [6.45, 7) is 3.65. The largest absolute Gasteiger partial charge is 0.423 e. The van der Waals surface area contributed by atoms with Gasteiger partial charge in [-0.25, -0.2) is 14.8 Å². The number of thioether (sulfide) groups is 1. The van der Waals surface area contributed by atoms with Crippen LogP contribution in [-0.4, -0.2) is 22.1 Å². The molecule has 0 unspecified atom stereocenters. The number of rotatable bonds is 4. The lowest BCUT2D eigenvalue weighted by Crippen LogP contribution is -2.17. The van der Waals surface area contributed by atoms with Crippen molar-refractivity contribution in [1.29, 1.82) is 0 Å². The SMILES string of the molecule is CSc1nc(-c2cccs2)nc(C)c1C(=O)Nc1ccc2c(C)cc(=O)oc2c1. The Morgan fingerprint density at radius 1 is 1.17 bits per heavy atom. The summed E-state index contributed by atoms with van der Waals surface area (Å²) in [5.41, 5.74) is 2.41. The summed E-state index contributed by atoms with van der Waals surface area (Å²) in [6.07, 6.45) is 1.88. The fraction of sp³-hybridized carbons (Fsp3) is 0.143. The number of carbonyl (C=O) groups excluding carboxylic acids is 1. The first-order valence-corrected chi connectivity index (χ1v) is 10.9. The Kier molecular flexibility index (Phi) is 5.21. The van der Waals surface area contributed by atoms with Crippen LogP contribution in [0.3, 0.4) is 0 Å². The average molecular weight is 424 g/mol. The number of fused-ring (bicyclic) bond motifs is 1. The highest BCUT2D eigenvalue weighted by Crippen LogP contribution is 2.28. The number of nitrogens with one attached hydrogen (secondary N) is 1. The van der Waals surface area contributed by atoms with Crippen LogP contribution in [0.5, 0.6) is 0 Å². The van der Waals surface area contributed by atoms with E-state index in [1.807, 2.05) is 36.8 Å². The minimum atomic E-state index is -0.420. The van der Waals surface area contributed by atoms with E-state index in [4.69, 9.17) is 4.42 Å². The number of hydrogen-bond acceptors (Lipinski definition) is 7. The van der Waals surface area contributed by atoms with E-state index in [9.17, 15) is 9.59 Å². The second-order valence-electron chi connectivity index (χ2n) is 6.41. The molecular formula is C21H17N3O3S2. The quantitative estimate of drug-likeness (QED) is 0.285.